The fraction of sp³-hybridized carbons (Fsp3) is 0.594. The van der Waals surface area contributed by atoms with E-state index in [-0.39, 0.29) is 0 Å². The molecule has 2 aliphatic rings. The molecule has 3 rings (SSSR count). The number of ether oxygens (including phenoxy) is 10. The molecule has 0 radical (unpaired) electrons. The standard InChI is InChI=1S/C32H40O17Se/c1-15(33)40-13-23-25(42-17(3)35)27(43-18(4)36)29(45-20(6)38)31(47-23)49-26-24(14-41-16(2)34)48-32(50-22-11-9-8-10-12-22)30(46-21(7)39)28(26)44-19(5)37/h8-12,23-32H,13-14H2,1-7H3/t23?,24?,25-,26-,27?,28?,29?,30?,31-,32+/m1/s1. The molecule has 0 bridgehead atoms. The van der Waals surface area contributed by atoms with E-state index < -0.39 is 130 Å². The van der Waals surface area contributed by atoms with Gasteiger partial charge in [0.15, 0.2) is 0 Å². The van der Waals surface area contributed by atoms with Crippen LogP contribution >= 0.6 is 0 Å². The Hall–Kier alpha value is -4.09. The van der Waals surface area contributed by atoms with Crippen LogP contribution in [-0.4, -0.2) is 130 Å². The van der Waals surface area contributed by atoms with Gasteiger partial charge in [0.25, 0.3) is 0 Å². The molecule has 0 saturated carbocycles. The Morgan fingerprint density at radius 2 is 0.940 bits per heavy atom. The Morgan fingerprint density at radius 3 is 1.42 bits per heavy atom. The van der Waals surface area contributed by atoms with Crippen molar-refractivity contribution < 1.29 is 80.9 Å². The van der Waals surface area contributed by atoms with Gasteiger partial charge in [0.1, 0.15) is 0 Å². The molecule has 50 heavy (non-hydrogen) atoms. The molecule has 1 aromatic carbocycles. The second-order valence-electron chi connectivity index (χ2n) is 11.1. The van der Waals surface area contributed by atoms with Crippen LogP contribution in [0.3, 0.4) is 0 Å². The molecule has 17 nitrogen and oxygen atoms in total. The zero-order valence-electron chi connectivity index (χ0n) is 28.4. The van der Waals surface area contributed by atoms with E-state index in [2.05, 4.69) is 0 Å². The van der Waals surface area contributed by atoms with Gasteiger partial charge in [-0.2, -0.15) is 0 Å². The average molecular weight is 776 g/mol. The van der Waals surface area contributed by atoms with Crippen molar-refractivity contribution in [3.05, 3.63) is 30.3 Å². The van der Waals surface area contributed by atoms with Crippen molar-refractivity contribution in [2.75, 3.05) is 13.2 Å². The first-order valence-electron chi connectivity index (χ1n) is 15.4. The third-order valence-corrected chi connectivity index (χ3v) is 9.31. The molecule has 0 spiro atoms. The predicted octanol–water partition coefficient (Wildman–Crippen LogP) is -0.364. The zero-order valence-corrected chi connectivity index (χ0v) is 30.1. The van der Waals surface area contributed by atoms with Gasteiger partial charge in [-0.25, -0.2) is 0 Å². The van der Waals surface area contributed by atoms with Gasteiger partial charge in [-0.05, 0) is 0 Å². The van der Waals surface area contributed by atoms with Crippen LogP contribution in [-0.2, 0) is 80.9 Å². The van der Waals surface area contributed by atoms with E-state index in [0.29, 0.717) is 0 Å². The minimum absolute atomic E-state index is 0.447. The Morgan fingerprint density at radius 1 is 0.520 bits per heavy atom. The summed E-state index contributed by atoms with van der Waals surface area (Å²) in [5.41, 5.74) is 0. The first-order chi connectivity index (χ1) is 23.5. The third kappa shape index (κ3) is 12.1. The van der Waals surface area contributed by atoms with E-state index in [1.165, 1.54) is 0 Å². The van der Waals surface area contributed by atoms with Crippen LogP contribution in [0.25, 0.3) is 0 Å². The maximum atomic E-state index is 12.6. The van der Waals surface area contributed by atoms with Gasteiger partial charge in [-0.3, -0.25) is 0 Å². The quantitative estimate of drug-likeness (QED) is 0.142. The summed E-state index contributed by atoms with van der Waals surface area (Å²) in [4.78, 5) is 85.5. The number of hydrogen-bond acceptors (Lipinski definition) is 17. The number of esters is 7. The molecule has 1 aromatic rings. The second kappa shape index (κ2) is 18.8. The van der Waals surface area contributed by atoms with Crippen LogP contribution in [0.1, 0.15) is 48.5 Å². The van der Waals surface area contributed by atoms with Crippen LogP contribution in [0, 0.1) is 0 Å². The molecule has 2 heterocycles. The Bertz CT molecular complexity index is 1390. The number of carbonyl (C=O) groups excluding carboxylic acids is 7. The fourth-order valence-corrected chi connectivity index (χ4v) is 7.56. The summed E-state index contributed by atoms with van der Waals surface area (Å²) >= 11 is -0.576. The van der Waals surface area contributed by atoms with E-state index in [1.807, 2.05) is 18.2 Å². The summed E-state index contributed by atoms with van der Waals surface area (Å²) < 4.78 is 57.9. The monoisotopic (exact) mass is 776 g/mol. The first kappa shape index (κ1) is 40.3. The van der Waals surface area contributed by atoms with Gasteiger partial charge in [0, 0.05) is 0 Å². The molecule has 0 aliphatic carbocycles. The van der Waals surface area contributed by atoms with Gasteiger partial charge >= 0.3 is 294 Å². The van der Waals surface area contributed by atoms with Crippen LogP contribution < -0.4 is 4.46 Å². The van der Waals surface area contributed by atoms with Crippen molar-refractivity contribution >= 4 is 61.2 Å². The van der Waals surface area contributed by atoms with Crippen molar-refractivity contribution in [3.63, 3.8) is 0 Å². The van der Waals surface area contributed by atoms with Crippen molar-refractivity contribution in [1.82, 2.24) is 0 Å². The molecule has 0 aromatic heterocycles. The number of hydrogen-bond donors (Lipinski definition) is 0. The van der Waals surface area contributed by atoms with E-state index >= 15 is 0 Å². The van der Waals surface area contributed by atoms with Crippen molar-refractivity contribution in [1.29, 1.82) is 0 Å². The average Bonchev–Trinajstić information content (AvgIpc) is 3.00. The first-order valence-corrected chi connectivity index (χ1v) is 17.2. The number of rotatable bonds is 13. The second-order valence-corrected chi connectivity index (χ2v) is 13.6. The molecular formula is C32H40O17Se. The molecular weight excluding hydrogens is 735 g/mol. The number of benzene rings is 1. The Balaban J connectivity index is 2.16. The molecule has 0 amide bonds. The van der Waals surface area contributed by atoms with Crippen molar-refractivity contribution in [2.45, 2.75) is 109 Å². The SMILES string of the molecule is CC(=O)OCC1O[C@H](O[C@@H]2C(COC(C)=O)O[C@@H]([Se]c3ccccc3)C(OC(C)=O)C2OC(C)=O)C(OC(C)=O)C(OC(C)=O)[C@@H]1OC(C)=O. The molecule has 276 valence electrons. The molecule has 10 atom stereocenters. The van der Waals surface area contributed by atoms with Gasteiger partial charge in [0.05, 0.1) is 0 Å². The molecule has 18 heteroatoms. The van der Waals surface area contributed by atoms with Gasteiger partial charge < -0.3 is 0 Å². The topological polar surface area (TPSA) is 212 Å². The van der Waals surface area contributed by atoms with E-state index in [4.69, 9.17) is 47.4 Å². The summed E-state index contributed by atoms with van der Waals surface area (Å²) in [5.74, 6) is -5.56. The summed E-state index contributed by atoms with van der Waals surface area (Å²) in [5, 5.41) is -0.908. The summed E-state index contributed by atoms with van der Waals surface area (Å²) in [6.07, 6.45) is -13.2. The van der Waals surface area contributed by atoms with E-state index in [9.17, 15) is 33.6 Å². The van der Waals surface area contributed by atoms with Crippen LogP contribution in [0.4, 0.5) is 0 Å². The van der Waals surface area contributed by atoms with Crippen LogP contribution in [0.2, 0.25) is 0 Å². The Labute approximate surface area is 293 Å². The fourth-order valence-electron chi connectivity index (χ4n) is 5.20. The van der Waals surface area contributed by atoms with E-state index in [0.717, 1.165) is 52.9 Å². The summed E-state index contributed by atoms with van der Waals surface area (Å²) in [7, 11) is 0. The Kier molecular flexibility index (Phi) is 15.1. The molecule has 6 unspecified atom stereocenters. The van der Waals surface area contributed by atoms with Gasteiger partial charge in [-0.1, -0.05) is 0 Å². The molecule has 2 fully saturated rings. The molecule has 2 saturated heterocycles. The third-order valence-electron chi connectivity index (χ3n) is 6.88. The summed E-state index contributed by atoms with van der Waals surface area (Å²) in [6, 6.07) is 9.08. The van der Waals surface area contributed by atoms with Gasteiger partial charge in [0.2, 0.25) is 0 Å². The predicted molar refractivity (Wildman–Crippen MR) is 165 cm³/mol. The summed E-state index contributed by atoms with van der Waals surface area (Å²) in [6.45, 7) is 6.74. The number of carbonyl (C=O) groups is 7. The van der Waals surface area contributed by atoms with E-state index in [1.54, 1.807) is 12.1 Å². The van der Waals surface area contributed by atoms with Crippen LogP contribution in [0.5, 0.6) is 0 Å². The van der Waals surface area contributed by atoms with Crippen molar-refractivity contribution in [3.8, 4) is 0 Å². The minimum atomic E-state index is -1.74. The van der Waals surface area contributed by atoms with Crippen molar-refractivity contribution in [2.24, 2.45) is 0 Å². The normalized spacial score (nSPS) is 29.0. The zero-order chi connectivity index (χ0) is 37.1. The van der Waals surface area contributed by atoms with Crippen LogP contribution in [0.15, 0.2) is 30.3 Å². The molecule has 0 N–H and O–H groups in total. The molecule has 2 aliphatic heterocycles. The van der Waals surface area contributed by atoms with Gasteiger partial charge in [-0.15, -0.1) is 0 Å². The maximum absolute atomic E-state index is 12.6.